The fraction of sp³-hybridized carbons (Fsp3) is 0.500. The molecule has 1 rings (SSSR count). The molecule has 0 aliphatic heterocycles. The SMILES string of the molecule is C=C(C)c1cccc(C(C)(C)CC(=O)OC(C)CC)c1. The Bertz CT molecular complexity index is 486. The number of carbonyl (C=O) groups excluding carboxylic acids is 1. The molecule has 0 aliphatic rings. The van der Waals surface area contributed by atoms with Gasteiger partial charge in [0.1, 0.15) is 0 Å². The molecule has 0 saturated heterocycles. The summed E-state index contributed by atoms with van der Waals surface area (Å²) >= 11 is 0. The van der Waals surface area contributed by atoms with Crippen LogP contribution in [0.25, 0.3) is 5.57 Å². The zero-order valence-corrected chi connectivity index (χ0v) is 13.3. The van der Waals surface area contributed by atoms with Crippen molar-refractivity contribution in [3.05, 3.63) is 42.0 Å². The minimum atomic E-state index is -0.240. The summed E-state index contributed by atoms with van der Waals surface area (Å²) in [6.45, 7) is 14.0. The Hall–Kier alpha value is -1.57. The number of esters is 1. The normalized spacial score (nSPS) is 12.8. The summed E-state index contributed by atoms with van der Waals surface area (Å²) in [6.07, 6.45) is 1.22. The number of allylic oxidation sites excluding steroid dienone is 1. The van der Waals surface area contributed by atoms with E-state index in [1.807, 2.05) is 32.9 Å². The maximum Gasteiger partial charge on any atom is 0.306 e. The Morgan fingerprint density at radius 1 is 1.40 bits per heavy atom. The van der Waals surface area contributed by atoms with E-state index in [0.717, 1.165) is 23.1 Å². The molecule has 0 aliphatic carbocycles. The van der Waals surface area contributed by atoms with Gasteiger partial charge in [-0.2, -0.15) is 0 Å². The molecule has 0 amide bonds. The van der Waals surface area contributed by atoms with Crippen LogP contribution in [0.1, 0.15) is 58.6 Å². The predicted octanol–water partition coefficient (Wildman–Crippen LogP) is 4.73. The lowest BCUT2D eigenvalue weighted by molar-refractivity contribution is -0.149. The van der Waals surface area contributed by atoms with Crippen molar-refractivity contribution in [1.29, 1.82) is 0 Å². The molecular formula is C18H26O2. The van der Waals surface area contributed by atoms with Crippen molar-refractivity contribution < 1.29 is 9.53 Å². The topological polar surface area (TPSA) is 26.3 Å². The predicted molar refractivity (Wildman–Crippen MR) is 84.6 cm³/mol. The lowest BCUT2D eigenvalue weighted by Gasteiger charge is -2.25. The molecule has 0 bridgehead atoms. The molecule has 0 saturated carbocycles. The highest BCUT2D eigenvalue weighted by atomic mass is 16.5. The fourth-order valence-corrected chi connectivity index (χ4v) is 2.02. The molecule has 1 aromatic carbocycles. The van der Waals surface area contributed by atoms with Gasteiger partial charge in [-0.15, -0.1) is 0 Å². The molecule has 0 aromatic heterocycles. The average molecular weight is 274 g/mol. The van der Waals surface area contributed by atoms with Gasteiger partial charge in [0.2, 0.25) is 0 Å². The zero-order chi connectivity index (χ0) is 15.3. The minimum absolute atomic E-state index is 0.0138. The third-order valence-electron chi connectivity index (χ3n) is 3.63. The van der Waals surface area contributed by atoms with Gasteiger partial charge in [-0.3, -0.25) is 4.79 Å². The highest BCUT2D eigenvalue weighted by Crippen LogP contribution is 2.29. The van der Waals surface area contributed by atoms with E-state index in [1.54, 1.807) is 0 Å². The first-order valence-corrected chi connectivity index (χ1v) is 7.22. The van der Waals surface area contributed by atoms with E-state index in [1.165, 1.54) is 0 Å². The summed E-state index contributed by atoms with van der Waals surface area (Å²) in [7, 11) is 0. The molecule has 1 aromatic rings. The molecule has 110 valence electrons. The molecule has 1 unspecified atom stereocenters. The molecule has 2 nitrogen and oxygen atoms in total. The van der Waals surface area contributed by atoms with Gasteiger partial charge in [0.25, 0.3) is 0 Å². The van der Waals surface area contributed by atoms with Crippen LogP contribution >= 0.6 is 0 Å². The standard InChI is InChI=1S/C18H26O2/c1-7-14(4)20-17(19)12-18(5,6)16-10-8-9-15(11-16)13(2)3/h8-11,14H,2,7,12H2,1,3-6H3. The van der Waals surface area contributed by atoms with E-state index in [-0.39, 0.29) is 17.5 Å². The van der Waals surface area contributed by atoms with E-state index in [4.69, 9.17) is 4.74 Å². The molecule has 0 radical (unpaired) electrons. The number of ether oxygens (including phenoxy) is 1. The molecule has 2 heteroatoms. The smallest absolute Gasteiger partial charge is 0.306 e. The van der Waals surface area contributed by atoms with Gasteiger partial charge in [-0.1, -0.05) is 57.2 Å². The third-order valence-corrected chi connectivity index (χ3v) is 3.63. The van der Waals surface area contributed by atoms with E-state index >= 15 is 0 Å². The maximum absolute atomic E-state index is 12.0. The second-order valence-corrected chi connectivity index (χ2v) is 6.13. The van der Waals surface area contributed by atoms with E-state index in [9.17, 15) is 4.79 Å². The molecule has 1 atom stereocenters. The van der Waals surface area contributed by atoms with E-state index in [2.05, 4.69) is 32.6 Å². The van der Waals surface area contributed by atoms with Gasteiger partial charge in [0, 0.05) is 5.41 Å². The molecule has 0 fully saturated rings. The first-order chi connectivity index (χ1) is 9.26. The van der Waals surface area contributed by atoms with Crippen LogP contribution in [-0.4, -0.2) is 12.1 Å². The number of hydrogen-bond acceptors (Lipinski definition) is 2. The van der Waals surface area contributed by atoms with Crippen molar-refractivity contribution in [2.75, 3.05) is 0 Å². The van der Waals surface area contributed by atoms with Crippen molar-refractivity contribution >= 4 is 11.5 Å². The number of hydrogen-bond donors (Lipinski definition) is 0. The van der Waals surface area contributed by atoms with Crippen LogP contribution in [0.3, 0.4) is 0 Å². The Kier molecular flexibility index (Phi) is 5.55. The summed E-state index contributed by atoms with van der Waals surface area (Å²) in [4.78, 5) is 12.0. The highest BCUT2D eigenvalue weighted by Gasteiger charge is 2.26. The Balaban J connectivity index is 2.85. The Labute approximate surface area is 122 Å². The van der Waals surface area contributed by atoms with Gasteiger partial charge in [0.05, 0.1) is 12.5 Å². The summed E-state index contributed by atoms with van der Waals surface area (Å²) < 4.78 is 5.38. The number of benzene rings is 1. The summed E-state index contributed by atoms with van der Waals surface area (Å²) in [5.41, 5.74) is 3.05. The number of rotatable bonds is 6. The van der Waals surface area contributed by atoms with Crippen LogP contribution in [0, 0.1) is 0 Å². The van der Waals surface area contributed by atoms with Crippen molar-refractivity contribution in [3.63, 3.8) is 0 Å². The van der Waals surface area contributed by atoms with E-state index < -0.39 is 0 Å². The van der Waals surface area contributed by atoms with Crippen LogP contribution < -0.4 is 0 Å². The molecule has 0 spiro atoms. The number of carbonyl (C=O) groups is 1. The van der Waals surface area contributed by atoms with Gasteiger partial charge in [0.15, 0.2) is 0 Å². The van der Waals surface area contributed by atoms with Crippen LogP contribution in [0.4, 0.5) is 0 Å². The summed E-state index contributed by atoms with van der Waals surface area (Å²) in [5, 5.41) is 0. The fourth-order valence-electron chi connectivity index (χ4n) is 2.02. The third kappa shape index (κ3) is 4.52. The lowest BCUT2D eigenvalue weighted by atomic mass is 9.80. The van der Waals surface area contributed by atoms with Crippen LogP contribution in [-0.2, 0) is 14.9 Å². The lowest BCUT2D eigenvalue weighted by Crippen LogP contribution is -2.25. The van der Waals surface area contributed by atoms with Crippen molar-refractivity contribution in [1.82, 2.24) is 0 Å². The molecular weight excluding hydrogens is 248 g/mol. The van der Waals surface area contributed by atoms with Crippen molar-refractivity contribution in [2.45, 2.75) is 59.0 Å². The second-order valence-electron chi connectivity index (χ2n) is 6.13. The van der Waals surface area contributed by atoms with Gasteiger partial charge >= 0.3 is 5.97 Å². The van der Waals surface area contributed by atoms with E-state index in [0.29, 0.717) is 6.42 Å². The van der Waals surface area contributed by atoms with Crippen LogP contribution in [0.2, 0.25) is 0 Å². The van der Waals surface area contributed by atoms with Gasteiger partial charge in [-0.25, -0.2) is 0 Å². The van der Waals surface area contributed by atoms with Crippen molar-refractivity contribution in [3.8, 4) is 0 Å². The molecule has 20 heavy (non-hydrogen) atoms. The first-order valence-electron chi connectivity index (χ1n) is 7.22. The molecule has 0 heterocycles. The van der Waals surface area contributed by atoms with Gasteiger partial charge in [-0.05, 0) is 31.4 Å². The maximum atomic E-state index is 12.0. The summed E-state index contributed by atoms with van der Waals surface area (Å²) in [5.74, 6) is -0.134. The largest absolute Gasteiger partial charge is 0.463 e. The Morgan fingerprint density at radius 2 is 2.05 bits per heavy atom. The Morgan fingerprint density at radius 3 is 2.60 bits per heavy atom. The summed E-state index contributed by atoms with van der Waals surface area (Å²) in [6, 6.07) is 8.22. The second kappa shape index (κ2) is 6.74. The van der Waals surface area contributed by atoms with Crippen LogP contribution in [0.5, 0.6) is 0 Å². The minimum Gasteiger partial charge on any atom is -0.463 e. The quantitative estimate of drug-likeness (QED) is 0.701. The first kappa shape index (κ1) is 16.5. The average Bonchev–Trinajstić information content (AvgIpc) is 2.37. The van der Waals surface area contributed by atoms with Crippen LogP contribution in [0.15, 0.2) is 30.8 Å². The molecule has 0 N–H and O–H groups in total. The van der Waals surface area contributed by atoms with Gasteiger partial charge < -0.3 is 4.74 Å². The van der Waals surface area contributed by atoms with Crippen molar-refractivity contribution in [2.24, 2.45) is 0 Å². The zero-order valence-electron chi connectivity index (χ0n) is 13.3. The monoisotopic (exact) mass is 274 g/mol. The highest BCUT2D eigenvalue weighted by molar-refractivity contribution is 5.72.